The van der Waals surface area contributed by atoms with Crippen molar-refractivity contribution in [2.45, 2.75) is 13.0 Å². The number of benzene rings is 2. The molecule has 1 aliphatic heterocycles. The standard InChI is InChI=1S/C20H21FN2O/c21-18-3-5-19(6-4-18)23-10-1-9-22(11-12-23)15-16-2-7-20-17(14-16)8-13-24-20/h2-8,13-14H,1,9-12,15H2. The Kier molecular flexibility index (Phi) is 4.22. The maximum Gasteiger partial charge on any atom is 0.133 e. The Morgan fingerprint density at radius 3 is 2.67 bits per heavy atom. The summed E-state index contributed by atoms with van der Waals surface area (Å²) >= 11 is 0. The minimum absolute atomic E-state index is 0.176. The lowest BCUT2D eigenvalue weighted by molar-refractivity contribution is 0.285. The normalized spacial score (nSPS) is 16.5. The quantitative estimate of drug-likeness (QED) is 0.717. The van der Waals surface area contributed by atoms with Gasteiger partial charge in [0.05, 0.1) is 6.26 Å². The minimum atomic E-state index is -0.176. The van der Waals surface area contributed by atoms with E-state index in [1.165, 1.54) is 17.7 Å². The number of anilines is 1. The summed E-state index contributed by atoms with van der Waals surface area (Å²) in [6.07, 6.45) is 2.85. The summed E-state index contributed by atoms with van der Waals surface area (Å²) in [5.41, 5.74) is 3.37. The molecule has 0 spiro atoms. The molecule has 124 valence electrons. The van der Waals surface area contributed by atoms with Gasteiger partial charge in [0.2, 0.25) is 0 Å². The van der Waals surface area contributed by atoms with Gasteiger partial charge in [0.1, 0.15) is 11.4 Å². The molecule has 4 heteroatoms. The third-order valence-electron chi connectivity index (χ3n) is 4.70. The summed E-state index contributed by atoms with van der Waals surface area (Å²) in [5.74, 6) is -0.176. The third-order valence-corrected chi connectivity index (χ3v) is 4.70. The van der Waals surface area contributed by atoms with Crippen molar-refractivity contribution in [1.82, 2.24) is 4.90 Å². The van der Waals surface area contributed by atoms with Gasteiger partial charge in [0.25, 0.3) is 0 Å². The van der Waals surface area contributed by atoms with E-state index in [1.54, 1.807) is 6.26 Å². The second-order valence-electron chi connectivity index (χ2n) is 6.39. The molecule has 2 aromatic carbocycles. The van der Waals surface area contributed by atoms with Crippen molar-refractivity contribution in [3.8, 4) is 0 Å². The molecule has 24 heavy (non-hydrogen) atoms. The van der Waals surface area contributed by atoms with Crippen molar-refractivity contribution < 1.29 is 8.81 Å². The highest BCUT2D eigenvalue weighted by Crippen LogP contribution is 2.20. The van der Waals surface area contributed by atoms with Gasteiger partial charge in [-0.05, 0) is 54.4 Å². The van der Waals surface area contributed by atoms with Crippen LogP contribution in [0.5, 0.6) is 0 Å². The molecule has 0 bridgehead atoms. The maximum atomic E-state index is 13.1. The first kappa shape index (κ1) is 15.2. The van der Waals surface area contributed by atoms with E-state index in [2.05, 4.69) is 21.9 Å². The van der Waals surface area contributed by atoms with Crippen LogP contribution in [0.25, 0.3) is 11.0 Å². The van der Waals surface area contributed by atoms with Crippen molar-refractivity contribution >= 4 is 16.7 Å². The van der Waals surface area contributed by atoms with Crippen LogP contribution in [0.3, 0.4) is 0 Å². The second kappa shape index (κ2) is 6.65. The first-order chi connectivity index (χ1) is 11.8. The summed E-state index contributed by atoms with van der Waals surface area (Å²) in [6, 6.07) is 15.2. The smallest absolute Gasteiger partial charge is 0.133 e. The number of fused-ring (bicyclic) bond motifs is 1. The Morgan fingerprint density at radius 1 is 0.917 bits per heavy atom. The second-order valence-corrected chi connectivity index (χ2v) is 6.39. The molecule has 0 amide bonds. The van der Waals surface area contributed by atoms with Crippen molar-refractivity contribution in [2.24, 2.45) is 0 Å². The predicted molar refractivity (Wildman–Crippen MR) is 94.7 cm³/mol. The van der Waals surface area contributed by atoms with E-state index in [0.29, 0.717) is 0 Å². The van der Waals surface area contributed by atoms with Gasteiger partial charge in [-0.2, -0.15) is 0 Å². The Balaban J connectivity index is 1.41. The predicted octanol–water partition coefficient (Wildman–Crippen LogP) is 4.28. The number of hydrogen-bond acceptors (Lipinski definition) is 3. The van der Waals surface area contributed by atoms with Crippen LogP contribution in [-0.4, -0.2) is 31.1 Å². The molecule has 3 aromatic rings. The zero-order valence-electron chi connectivity index (χ0n) is 13.6. The summed E-state index contributed by atoms with van der Waals surface area (Å²) < 4.78 is 18.5. The van der Waals surface area contributed by atoms with E-state index < -0.39 is 0 Å². The summed E-state index contributed by atoms with van der Waals surface area (Å²) in [7, 11) is 0. The maximum absolute atomic E-state index is 13.1. The highest BCUT2D eigenvalue weighted by atomic mass is 19.1. The minimum Gasteiger partial charge on any atom is -0.464 e. The summed E-state index contributed by atoms with van der Waals surface area (Å²) in [4.78, 5) is 4.84. The van der Waals surface area contributed by atoms with Crippen LogP contribution < -0.4 is 4.90 Å². The Bertz CT molecular complexity index is 812. The van der Waals surface area contributed by atoms with Crippen LogP contribution >= 0.6 is 0 Å². The van der Waals surface area contributed by atoms with Crippen molar-refractivity contribution in [3.05, 3.63) is 66.2 Å². The average molecular weight is 324 g/mol. The van der Waals surface area contributed by atoms with Crippen LogP contribution in [0.15, 0.2) is 59.2 Å². The SMILES string of the molecule is Fc1ccc(N2CCCN(Cc3ccc4occc4c3)CC2)cc1. The van der Waals surface area contributed by atoms with Gasteiger partial charge >= 0.3 is 0 Å². The van der Waals surface area contributed by atoms with Gasteiger partial charge in [-0.1, -0.05) is 6.07 Å². The molecule has 2 heterocycles. The van der Waals surface area contributed by atoms with Gasteiger partial charge < -0.3 is 9.32 Å². The van der Waals surface area contributed by atoms with E-state index >= 15 is 0 Å². The molecule has 0 N–H and O–H groups in total. The monoisotopic (exact) mass is 324 g/mol. The Morgan fingerprint density at radius 2 is 1.79 bits per heavy atom. The average Bonchev–Trinajstić information content (AvgIpc) is 2.94. The zero-order chi connectivity index (χ0) is 16.4. The molecule has 1 aliphatic rings. The fourth-order valence-electron chi connectivity index (χ4n) is 3.41. The summed E-state index contributed by atoms with van der Waals surface area (Å²) in [6.45, 7) is 5.04. The highest BCUT2D eigenvalue weighted by Gasteiger charge is 2.15. The van der Waals surface area contributed by atoms with Crippen molar-refractivity contribution in [3.63, 3.8) is 0 Å². The Hall–Kier alpha value is -2.33. The number of hydrogen-bond donors (Lipinski definition) is 0. The number of furan rings is 1. The van der Waals surface area contributed by atoms with Crippen LogP contribution in [0, 0.1) is 5.82 Å². The molecular formula is C20H21FN2O. The first-order valence-corrected chi connectivity index (χ1v) is 8.47. The van der Waals surface area contributed by atoms with Gasteiger partial charge in [-0.15, -0.1) is 0 Å². The van der Waals surface area contributed by atoms with Gasteiger partial charge in [-0.3, -0.25) is 4.90 Å². The molecular weight excluding hydrogens is 303 g/mol. The molecule has 0 saturated carbocycles. The molecule has 3 nitrogen and oxygen atoms in total. The molecule has 1 aromatic heterocycles. The zero-order valence-corrected chi connectivity index (χ0v) is 13.6. The van der Waals surface area contributed by atoms with E-state index in [4.69, 9.17) is 4.42 Å². The van der Waals surface area contributed by atoms with Gasteiger partial charge in [0, 0.05) is 43.8 Å². The number of halogens is 1. The van der Waals surface area contributed by atoms with Gasteiger partial charge in [0.15, 0.2) is 0 Å². The molecule has 4 rings (SSSR count). The van der Waals surface area contributed by atoms with E-state index in [0.717, 1.165) is 55.8 Å². The van der Waals surface area contributed by atoms with Crippen molar-refractivity contribution in [1.29, 1.82) is 0 Å². The molecule has 0 atom stereocenters. The van der Waals surface area contributed by atoms with E-state index in [9.17, 15) is 4.39 Å². The van der Waals surface area contributed by atoms with Gasteiger partial charge in [-0.25, -0.2) is 4.39 Å². The third kappa shape index (κ3) is 3.29. The molecule has 0 unspecified atom stereocenters. The van der Waals surface area contributed by atoms with Crippen LogP contribution in [0.2, 0.25) is 0 Å². The molecule has 0 aliphatic carbocycles. The lowest BCUT2D eigenvalue weighted by Crippen LogP contribution is -2.30. The number of rotatable bonds is 3. The fourth-order valence-corrected chi connectivity index (χ4v) is 3.41. The molecule has 1 saturated heterocycles. The van der Waals surface area contributed by atoms with Crippen LogP contribution in [0.4, 0.5) is 10.1 Å². The Labute approximate surface area is 141 Å². The largest absolute Gasteiger partial charge is 0.464 e. The first-order valence-electron chi connectivity index (χ1n) is 8.47. The van der Waals surface area contributed by atoms with Crippen LogP contribution in [-0.2, 0) is 6.54 Å². The fraction of sp³-hybridized carbons (Fsp3) is 0.300. The van der Waals surface area contributed by atoms with E-state index in [1.807, 2.05) is 24.3 Å². The lowest BCUT2D eigenvalue weighted by atomic mass is 10.1. The molecule has 0 radical (unpaired) electrons. The van der Waals surface area contributed by atoms with Crippen LogP contribution in [0.1, 0.15) is 12.0 Å². The topological polar surface area (TPSA) is 19.6 Å². The van der Waals surface area contributed by atoms with Crippen molar-refractivity contribution in [2.75, 3.05) is 31.1 Å². The summed E-state index contributed by atoms with van der Waals surface area (Å²) in [5, 5.41) is 1.16. The highest BCUT2D eigenvalue weighted by molar-refractivity contribution is 5.77. The van der Waals surface area contributed by atoms with E-state index in [-0.39, 0.29) is 5.82 Å². The molecule has 1 fully saturated rings. The lowest BCUT2D eigenvalue weighted by Gasteiger charge is -2.23. The number of nitrogens with zero attached hydrogens (tertiary/aromatic N) is 2.